The quantitative estimate of drug-likeness (QED) is 0.794. The van der Waals surface area contributed by atoms with E-state index in [0.717, 1.165) is 12.8 Å². The van der Waals surface area contributed by atoms with Gasteiger partial charge in [0.2, 0.25) is 5.91 Å². The molecule has 16 heavy (non-hydrogen) atoms. The number of amidine groups is 1. The summed E-state index contributed by atoms with van der Waals surface area (Å²) in [4.78, 5) is 16.1. The van der Waals surface area contributed by atoms with Crippen LogP contribution in [0.3, 0.4) is 0 Å². The van der Waals surface area contributed by atoms with Crippen molar-refractivity contribution >= 4 is 11.7 Å². The van der Waals surface area contributed by atoms with Gasteiger partial charge < -0.3 is 10.1 Å². The van der Waals surface area contributed by atoms with Gasteiger partial charge >= 0.3 is 0 Å². The van der Waals surface area contributed by atoms with Crippen molar-refractivity contribution in [2.75, 3.05) is 7.11 Å². The van der Waals surface area contributed by atoms with Crippen LogP contribution in [0.2, 0.25) is 0 Å². The van der Waals surface area contributed by atoms with E-state index in [1.54, 1.807) is 7.11 Å². The van der Waals surface area contributed by atoms with E-state index in [1.165, 1.54) is 0 Å². The normalized spacial score (nSPS) is 22.9. The smallest absolute Gasteiger partial charge is 0.250 e. The summed E-state index contributed by atoms with van der Waals surface area (Å²) in [6, 6.07) is -0.222. The number of ether oxygens (including phenoxy) is 1. The van der Waals surface area contributed by atoms with Crippen molar-refractivity contribution in [3.05, 3.63) is 0 Å². The third-order valence-corrected chi connectivity index (χ3v) is 2.68. The molecule has 2 unspecified atom stereocenters. The van der Waals surface area contributed by atoms with Gasteiger partial charge in [-0.05, 0) is 11.8 Å². The zero-order valence-corrected chi connectivity index (χ0v) is 10.8. The zero-order valence-electron chi connectivity index (χ0n) is 10.8. The maximum absolute atomic E-state index is 11.6. The van der Waals surface area contributed by atoms with Gasteiger partial charge in [-0.2, -0.15) is 0 Å². The van der Waals surface area contributed by atoms with E-state index in [-0.39, 0.29) is 23.5 Å². The van der Waals surface area contributed by atoms with E-state index in [2.05, 4.69) is 38.0 Å². The van der Waals surface area contributed by atoms with Gasteiger partial charge in [-0.25, -0.2) is 0 Å². The van der Waals surface area contributed by atoms with Crippen LogP contribution < -0.4 is 5.32 Å². The van der Waals surface area contributed by atoms with E-state index >= 15 is 0 Å². The van der Waals surface area contributed by atoms with Crippen LogP contribution in [0.5, 0.6) is 0 Å². The minimum absolute atomic E-state index is 0.00292. The maximum atomic E-state index is 11.6. The number of carbonyl (C=O) groups excluding carboxylic acids is 1. The highest BCUT2D eigenvalue weighted by Gasteiger charge is 2.36. The van der Waals surface area contributed by atoms with Gasteiger partial charge in [0.1, 0.15) is 18.0 Å². The molecular weight excluding hydrogens is 204 g/mol. The Morgan fingerprint density at radius 1 is 1.50 bits per heavy atom. The van der Waals surface area contributed by atoms with Gasteiger partial charge in [0.25, 0.3) is 0 Å². The van der Waals surface area contributed by atoms with Crippen molar-refractivity contribution in [3.63, 3.8) is 0 Å². The van der Waals surface area contributed by atoms with E-state index in [0.29, 0.717) is 5.84 Å². The lowest BCUT2D eigenvalue weighted by molar-refractivity contribution is -0.120. The molecule has 4 heteroatoms. The molecule has 2 atom stereocenters. The number of nitrogens with one attached hydrogen (secondary N) is 1. The van der Waals surface area contributed by atoms with Crippen LogP contribution in [0.15, 0.2) is 4.99 Å². The second-order valence-corrected chi connectivity index (χ2v) is 5.29. The SMILES string of the molecule is CCCC1N=C(C(OC)C(C)(C)C)NC1=O. The Kier molecular flexibility index (Phi) is 4.08. The average molecular weight is 226 g/mol. The summed E-state index contributed by atoms with van der Waals surface area (Å²) in [6.07, 6.45) is 1.61. The van der Waals surface area contributed by atoms with Crippen LogP contribution in [0, 0.1) is 5.41 Å². The Labute approximate surface area is 97.5 Å². The molecule has 92 valence electrons. The Bertz CT molecular complexity index is 292. The molecule has 0 aliphatic carbocycles. The minimum atomic E-state index is -0.222. The lowest BCUT2D eigenvalue weighted by atomic mass is 9.88. The van der Waals surface area contributed by atoms with Crippen LogP contribution in [0.25, 0.3) is 0 Å². The van der Waals surface area contributed by atoms with E-state index in [1.807, 2.05) is 0 Å². The molecule has 0 aromatic rings. The lowest BCUT2D eigenvalue weighted by Gasteiger charge is -2.28. The second kappa shape index (κ2) is 4.95. The van der Waals surface area contributed by atoms with E-state index in [4.69, 9.17) is 4.74 Å². The Morgan fingerprint density at radius 3 is 2.56 bits per heavy atom. The highest BCUT2D eigenvalue weighted by Crippen LogP contribution is 2.24. The Morgan fingerprint density at radius 2 is 2.12 bits per heavy atom. The summed E-state index contributed by atoms with van der Waals surface area (Å²) in [7, 11) is 1.65. The molecule has 1 rings (SSSR count). The number of amides is 1. The number of hydrogen-bond acceptors (Lipinski definition) is 3. The van der Waals surface area contributed by atoms with Gasteiger partial charge in [0.15, 0.2) is 0 Å². The molecule has 1 heterocycles. The first-order chi connectivity index (χ1) is 7.40. The number of carbonyl (C=O) groups is 1. The van der Waals surface area contributed by atoms with Crippen molar-refractivity contribution in [1.82, 2.24) is 5.32 Å². The molecule has 0 saturated carbocycles. The Balaban J connectivity index is 2.81. The van der Waals surface area contributed by atoms with Crippen molar-refractivity contribution < 1.29 is 9.53 Å². The standard InChI is InChI=1S/C12H22N2O2/c1-6-7-8-11(15)14-10(13-8)9(16-5)12(2,3)4/h8-9H,6-7H2,1-5H3,(H,13,14,15). The zero-order chi connectivity index (χ0) is 12.3. The molecule has 0 spiro atoms. The fraction of sp³-hybridized carbons (Fsp3) is 0.833. The van der Waals surface area contributed by atoms with Crippen LogP contribution in [-0.2, 0) is 9.53 Å². The largest absolute Gasteiger partial charge is 0.373 e. The molecule has 1 amide bonds. The molecule has 1 aliphatic heterocycles. The maximum Gasteiger partial charge on any atom is 0.250 e. The van der Waals surface area contributed by atoms with Gasteiger partial charge in [0, 0.05) is 7.11 Å². The average Bonchev–Trinajstić information content (AvgIpc) is 2.47. The minimum Gasteiger partial charge on any atom is -0.373 e. The van der Waals surface area contributed by atoms with Gasteiger partial charge in [-0.15, -0.1) is 0 Å². The van der Waals surface area contributed by atoms with Gasteiger partial charge in [0.05, 0.1) is 0 Å². The third-order valence-electron chi connectivity index (χ3n) is 2.68. The summed E-state index contributed by atoms with van der Waals surface area (Å²) in [5.74, 6) is 0.682. The van der Waals surface area contributed by atoms with Gasteiger partial charge in [-0.1, -0.05) is 34.1 Å². The highest BCUT2D eigenvalue weighted by molar-refractivity contribution is 6.07. The first kappa shape index (κ1) is 13.2. The van der Waals surface area contributed by atoms with E-state index < -0.39 is 0 Å². The number of methoxy groups -OCH3 is 1. The molecule has 0 saturated heterocycles. The number of hydrogen-bond donors (Lipinski definition) is 1. The first-order valence-corrected chi connectivity index (χ1v) is 5.81. The molecule has 0 fully saturated rings. The summed E-state index contributed by atoms with van der Waals surface area (Å²) in [6.45, 7) is 8.27. The predicted molar refractivity (Wildman–Crippen MR) is 64.5 cm³/mol. The van der Waals surface area contributed by atoms with Crippen molar-refractivity contribution in [2.24, 2.45) is 10.4 Å². The molecule has 0 bridgehead atoms. The number of nitrogens with zero attached hydrogens (tertiary/aromatic N) is 1. The topological polar surface area (TPSA) is 50.7 Å². The lowest BCUT2D eigenvalue weighted by Crippen LogP contribution is -2.43. The molecule has 0 aromatic heterocycles. The Hall–Kier alpha value is -0.900. The van der Waals surface area contributed by atoms with E-state index in [9.17, 15) is 4.79 Å². The van der Waals surface area contributed by atoms with Crippen molar-refractivity contribution in [1.29, 1.82) is 0 Å². The molecule has 0 aromatic carbocycles. The van der Waals surface area contributed by atoms with Crippen LogP contribution in [0.4, 0.5) is 0 Å². The molecule has 1 N–H and O–H groups in total. The first-order valence-electron chi connectivity index (χ1n) is 5.81. The van der Waals surface area contributed by atoms with Crippen LogP contribution in [-0.4, -0.2) is 31.0 Å². The summed E-state index contributed by atoms with van der Waals surface area (Å²) in [5.41, 5.74) is -0.0675. The van der Waals surface area contributed by atoms with Crippen molar-refractivity contribution in [3.8, 4) is 0 Å². The predicted octanol–water partition coefficient (Wildman–Crippen LogP) is 1.74. The molecule has 1 aliphatic rings. The summed E-state index contributed by atoms with van der Waals surface area (Å²) in [5, 5.41) is 2.83. The third kappa shape index (κ3) is 2.82. The second-order valence-electron chi connectivity index (χ2n) is 5.29. The fourth-order valence-corrected chi connectivity index (χ4v) is 1.95. The fourth-order valence-electron chi connectivity index (χ4n) is 1.95. The van der Waals surface area contributed by atoms with Crippen LogP contribution in [0.1, 0.15) is 40.5 Å². The molecular formula is C12H22N2O2. The van der Waals surface area contributed by atoms with Crippen molar-refractivity contribution in [2.45, 2.75) is 52.7 Å². The monoisotopic (exact) mass is 226 g/mol. The number of aliphatic imine (C=N–C) groups is 1. The highest BCUT2D eigenvalue weighted by atomic mass is 16.5. The molecule has 4 nitrogen and oxygen atoms in total. The number of rotatable bonds is 4. The summed E-state index contributed by atoms with van der Waals surface area (Å²) < 4.78 is 5.43. The molecule has 0 radical (unpaired) electrons. The summed E-state index contributed by atoms with van der Waals surface area (Å²) >= 11 is 0. The van der Waals surface area contributed by atoms with Crippen LogP contribution >= 0.6 is 0 Å². The van der Waals surface area contributed by atoms with Gasteiger partial charge in [-0.3, -0.25) is 9.79 Å².